The lowest BCUT2D eigenvalue weighted by molar-refractivity contribution is 0.102. The molecule has 196 valence electrons. The summed E-state index contributed by atoms with van der Waals surface area (Å²) in [6, 6.07) is 9.96. The molecule has 0 aliphatic rings. The van der Waals surface area contributed by atoms with Crippen LogP contribution in [0.1, 0.15) is 40.5 Å². The predicted octanol–water partition coefficient (Wildman–Crippen LogP) is 4.25. The van der Waals surface area contributed by atoms with Crippen LogP contribution in [-0.2, 0) is 16.6 Å². The summed E-state index contributed by atoms with van der Waals surface area (Å²) in [6.07, 6.45) is 1.18. The third kappa shape index (κ3) is 5.68. The fraction of sp³-hybridized carbons (Fsp3) is 0.200. The highest BCUT2D eigenvalue weighted by Crippen LogP contribution is 2.33. The van der Waals surface area contributed by atoms with Crippen LogP contribution in [0.2, 0.25) is 0 Å². The molecule has 0 spiro atoms. The van der Waals surface area contributed by atoms with Crippen molar-refractivity contribution in [1.29, 1.82) is 10.5 Å². The SMILES string of the molecule is CCCS(=O)(=O)N(Cc1ccc(OC)c(F)c1)c1ccc(C#N)c(NC(=O)c2ccnc(C#N)c2F)c1F. The molecule has 0 atom stereocenters. The number of nitriles is 2. The number of nitrogens with zero attached hydrogens (tertiary/aromatic N) is 4. The first-order chi connectivity index (χ1) is 18.1. The van der Waals surface area contributed by atoms with Gasteiger partial charge in [0.2, 0.25) is 10.0 Å². The monoisotopic (exact) mass is 543 g/mol. The number of aromatic nitrogens is 1. The van der Waals surface area contributed by atoms with Crippen LogP contribution in [-0.4, -0.2) is 32.2 Å². The Morgan fingerprint density at radius 2 is 1.84 bits per heavy atom. The number of ether oxygens (including phenoxy) is 1. The van der Waals surface area contributed by atoms with Crippen molar-refractivity contribution >= 4 is 27.3 Å². The van der Waals surface area contributed by atoms with Gasteiger partial charge in [-0.2, -0.15) is 10.5 Å². The maximum absolute atomic E-state index is 15.8. The second-order valence-corrected chi connectivity index (χ2v) is 9.82. The molecule has 1 heterocycles. The van der Waals surface area contributed by atoms with E-state index in [1.807, 2.05) is 0 Å². The molecule has 2 aromatic carbocycles. The average Bonchev–Trinajstić information content (AvgIpc) is 2.88. The summed E-state index contributed by atoms with van der Waals surface area (Å²) in [5, 5.41) is 20.5. The number of sulfonamides is 1. The van der Waals surface area contributed by atoms with E-state index in [0.29, 0.717) is 4.31 Å². The number of hydrogen-bond donors (Lipinski definition) is 1. The number of hydrogen-bond acceptors (Lipinski definition) is 7. The number of anilines is 2. The first-order valence-electron chi connectivity index (χ1n) is 11.0. The molecule has 3 aromatic rings. The van der Waals surface area contributed by atoms with Gasteiger partial charge in [0.15, 0.2) is 28.9 Å². The van der Waals surface area contributed by atoms with Crippen molar-refractivity contribution in [2.75, 3.05) is 22.5 Å². The summed E-state index contributed by atoms with van der Waals surface area (Å²) >= 11 is 0. The Balaban J connectivity index is 2.12. The summed E-state index contributed by atoms with van der Waals surface area (Å²) in [4.78, 5) is 16.2. The molecule has 0 bridgehead atoms. The number of pyridine rings is 1. The minimum absolute atomic E-state index is 0.0748. The highest BCUT2D eigenvalue weighted by molar-refractivity contribution is 7.92. The number of carbonyl (C=O) groups is 1. The van der Waals surface area contributed by atoms with E-state index >= 15 is 4.39 Å². The molecule has 0 fully saturated rings. The number of methoxy groups -OCH3 is 1. The molecule has 3 rings (SSSR count). The van der Waals surface area contributed by atoms with Crippen molar-refractivity contribution in [3.8, 4) is 17.9 Å². The Hall–Kier alpha value is -4.62. The Morgan fingerprint density at radius 3 is 2.45 bits per heavy atom. The minimum atomic E-state index is -4.17. The second kappa shape index (κ2) is 11.6. The van der Waals surface area contributed by atoms with E-state index < -0.39 is 62.6 Å². The molecule has 0 saturated heterocycles. The van der Waals surface area contributed by atoms with Gasteiger partial charge in [-0.05, 0) is 42.3 Å². The molecule has 38 heavy (non-hydrogen) atoms. The third-order valence-electron chi connectivity index (χ3n) is 5.33. The summed E-state index contributed by atoms with van der Waals surface area (Å²) in [5.74, 6) is -4.96. The lowest BCUT2D eigenvalue weighted by atomic mass is 10.1. The zero-order valence-corrected chi connectivity index (χ0v) is 20.9. The topological polar surface area (TPSA) is 136 Å². The fourth-order valence-electron chi connectivity index (χ4n) is 3.53. The van der Waals surface area contributed by atoms with E-state index in [0.717, 1.165) is 30.5 Å². The molecule has 1 N–H and O–H groups in total. The van der Waals surface area contributed by atoms with Gasteiger partial charge >= 0.3 is 0 Å². The van der Waals surface area contributed by atoms with Crippen LogP contribution in [0.3, 0.4) is 0 Å². The number of benzene rings is 2. The van der Waals surface area contributed by atoms with Gasteiger partial charge in [-0.25, -0.2) is 26.6 Å². The van der Waals surface area contributed by atoms with Crippen molar-refractivity contribution in [1.82, 2.24) is 4.98 Å². The molecular formula is C25H20F3N5O4S. The quantitative estimate of drug-likeness (QED) is 0.426. The molecule has 13 heteroatoms. The van der Waals surface area contributed by atoms with Crippen LogP contribution in [0, 0.1) is 40.1 Å². The minimum Gasteiger partial charge on any atom is -0.494 e. The smallest absolute Gasteiger partial charge is 0.258 e. The van der Waals surface area contributed by atoms with Gasteiger partial charge in [0.1, 0.15) is 12.1 Å². The highest BCUT2D eigenvalue weighted by atomic mass is 32.2. The first-order valence-corrected chi connectivity index (χ1v) is 12.6. The Kier molecular flexibility index (Phi) is 8.55. The van der Waals surface area contributed by atoms with Crippen LogP contribution in [0.4, 0.5) is 24.5 Å². The van der Waals surface area contributed by atoms with Crippen LogP contribution < -0.4 is 14.4 Å². The maximum atomic E-state index is 15.8. The van der Waals surface area contributed by atoms with Crippen molar-refractivity contribution in [2.24, 2.45) is 0 Å². The van der Waals surface area contributed by atoms with Gasteiger partial charge in [0.05, 0.1) is 41.9 Å². The van der Waals surface area contributed by atoms with Crippen molar-refractivity contribution in [2.45, 2.75) is 19.9 Å². The fourth-order valence-corrected chi connectivity index (χ4v) is 5.05. The van der Waals surface area contributed by atoms with Gasteiger partial charge in [-0.15, -0.1) is 0 Å². The van der Waals surface area contributed by atoms with Crippen molar-refractivity contribution in [3.63, 3.8) is 0 Å². The Bertz CT molecular complexity index is 1580. The largest absolute Gasteiger partial charge is 0.494 e. The molecule has 0 aliphatic heterocycles. The zero-order chi connectivity index (χ0) is 28.0. The van der Waals surface area contributed by atoms with E-state index in [1.165, 1.54) is 25.3 Å². The number of rotatable bonds is 9. The van der Waals surface area contributed by atoms with E-state index in [9.17, 15) is 27.3 Å². The van der Waals surface area contributed by atoms with Crippen molar-refractivity contribution in [3.05, 3.63) is 82.4 Å². The molecule has 1 amide bonds. The predicted molar refractivity (Wildman–Crippen MR) is 131 cm³/mol. The van der Waals surface area contributed by atoms with Crippen molar-refractivity contribution < 1.29 is 31.1 Å². The molecule has 0 radical (unpaired) electrons. The molecular weight excluding hydrogens is 523 g/mol. The van der Waals surface area contributed by atoms with Gasteiger partial charge < -0.3 is 10.1 Å². The van der Waals surface area contributed by atoms with Gasteiger partial charge in [-0.1, -0.05) is 13.0 Å². The van der Waals surface area contributed by atoms with E-state index in [1.54, 1.807) is 13.0 Å². The number of carbonyl (C=O) groups excluding carboxylic acids is 1. The standard InChI is InChI=1S/C25H20F3N5O4S/c1-3-10-38(35,36)33(14-15-4-7-21(37-2)18(26)11-15)20-6-5-16(12-29)24(23(20)28)32-25(34)17-8-9-31-19(13-30)22(17)27/h4-9,11H,3,10,14H2,1-2H3,(H,32,34). The third-order valence-corrected chi connectivity index (χ3v) is 7.25. The molecule has 0 unspecified atom stereocenters. The lowest BCUT2D eigenvalue weighted by Gasteiger charge is -2.26. The van der Waals surface area contributed by atoms with Gasteiger partial charge in [-0.3, -0.25) is 9.10 Å². The van der Waals surface area contributed by atoms with Crippen LogP contribution >= 0.6 is 0 Å². The summed E-state index contributed by atoms with van der Waals surface area (Å²) < 4.78 is 76.4. The van der Waals surface area contributed by atoms with E-state index in [-0.39, 0.29) is 29.1 Å². The second-order valence-electron chi connectivity index (χ2n) is 7.81. The molecule has 1 aromatic heterocycles. The number of halogens is 3. The maximum Gasteiger partial charge on any atom is 0.258 e. The van der Waals surface area contributed by atoms with Crippen LogP contribution in [0.25, 0.3) is 0 Å². The zero-order valence-electron chi connectivity index (χ0n) is 20.1. The van der Waals surface area contributed by atoms with Gasteiger partial charge in [0.25, 0.3) is 5.91 Å². The van der Waals surface area contributed by atoms with Gasteiger partial charge in [0, 0.05) is 6.20 Å². The summed E-state index contributed by atoms with van der Waals surface area (Å²) in [7, 11) is -2.91. The Morgan fingerprint density at radius 1 is 1.11 bits per heavy atom. The molecule has 0 aliphatic carbocycles. The summed E-state index contributed by atoms with van der Waals surface area (Å²) in [5.41, 5.74) is -2.76. The van der Waals surface area contributed by atoms with Crippen LogP contribution in [0.5, 0.6) is 5.75 Å². The average molecular weight is 544 g/mol. The van der Waals surface area contributed by atoms with E-state index in [4.69, 9.17) is 10.00 Å². The Labute approximate surface area is 216 Å². The van der Waals surface area contributed by atoms with Crippen LogP contribution in [0.15, 0.2) is 42.6 Å². The number of amides is 1. The highest BCUT2D eigenvalue weighted by Gasteiger charge is 2.29. The summed E-state index contributed by atoms with van der Waals surface area (Å²) in [6.45, 7) is 1.12. The molecule has 0 saturated carbocycles. The lowest BCUT2D eigenvalue weighted by Crippen LogP contribution is -2.33. The number of nitrogens with one attached hydrogen (secondary N) is 1. The molecule has 9 nitrogen and oxygen atoms in total. The van der Waals surface area contributed by atoms with E-state index in [2.05, 4.69) is 10.3 Å². The first kappa shape index (κ1) is 28.0. The normalized spacial score (nSPS) is 10.8.